The van der Waals surface area contributed by atoms with E-state index >= 15 is 0 Å². The molecule has 0 aliphatic heterocycles. The summed E-state index contributed by atoms with van der Waals surface area (Å²) in [6, 6.07) is 31.7. The highest BCUT2D eigenvalue weighted by atomic mass is 32.2. The smallest absolute Gasteiger partial charge is 0.336 e. The van der Waals surface area contributed by atoms with Crippen molar-refractivity contribution in [3.63, 3.8) is 0 Å². The van der Waals surface area contributed by atoms with Gasteiger partial charge in [0.05, 0.1) is 16.5 Å². The largest absolute Gasteiger partial charge is 0.478 e. The van der Waals surface area contributed by atoms with E-state index in [-0.39, 0.29) is 22.3 Å². The van der Waals surface area contributed by atoms with Crippen LogP contribution in [0, 0.1) is 0 Å². The van der Waals surface area contributed by atoms with Gasteiger partial charge in [-0.2, -0.15) is 0 Å². The number of thiazole rings is 1. The fraction of sp³-hybridized carbons (Fsp3) is 0.0857. The van der Waals surface area contributed by atoms with Crippen LogP contribution in [0.4, 0.5) is 10.8 Å². The molecule has 1 heterocycles. The maximum Gasteiger partial charge on any atom is 0.336 e. The first-order valence-electron chi connectivity index (χ1n) is 14.0. The van der Waals surface area contributed by atoms with Crippen molar-refractivity contribution in [3.05, 3.63) is 120 Å². The Morgan fingerprint density at radius 3 is 2.32 bits per heavy atom. The minimum atomic E-state index is -1.10. The number of nitrogens with one attached hydrogen (secondary N) is 2. The molecule has 0 spiro atoms. The summed E-state index contributed by atoms with van der Waals surface area (Å²) in [5, 5.41) is 21.0. The summed E-state index contributed by atoms with van der Waals surface area (Å²) in [6.45, 7) is 1.95. The number of aromatic carboxylic acids is 1. The third kappa shape index (κ3) is 6.20. The Hall–Kier alpha value is -4.99. The van der Waals surface area contributed by atoms with Gasteiger partial charge in [0.15, 0.2) is 5.13 Å². The summed E-state index contributed by atoms with van der Waals surface area (Å²) in [7, 11) is 0. The molecule has 0 fully saturated rings. The summed E-state index contributed by atoms with van der Waals surface area (Å²) in [5.74, 6) is -1.66. The third-order valence-corrected chi connectivity index (χ3v) is 9.31. The molecule has 1 aromatic heterocycles. The van der Waals surface area contributed by atoms with Crippen LogP contribution < -0.4 is 10.6 Å². The average Bonchev–Trinajstić information content (AvgIpc) is 3.51. The number of nitrogens with zero attached hydrogens (tertiary/aromatic N) is 1. The van der Waals surface area contributed by atoms with Gasteiger partial charge in [-0.05, 0) is 59.0 Å². The van der Waals surface area contributed by atoms with Crippen molar-refractivity contribution in [2.45, 2.75) is 23.5 Å². The predicted molar refractivity (Wildman–Crippen MR) is 179 cm³/mol. The number of anilines is 2. The van der Waals surface area contributed by atoms with Gasteiger partial charge in [-0.3, -0.25) is 9.59 Å². The molecule has 0 aliphatic rings. The molecule has 44 heavy (non-hydrogen) atoms. The Bertz CT molecular complexity index is 2030. The van der Waals surface area contributed by atoms with E-state index in [2.05, 4.69) is 39.9 Å². The molecule has 9 heteroatoms. The van der Waals surface area contributed by atoms with Gasteiger partial charge < -0.3 is 15.7 Å². The Kier molecular flexibility index (Phi) is 8.40. The normalized spacial score (nSPS) is 11.8. The number of fused-ring (bicyclic) bond motifs is 2. The highest BCUT2D eigenvalue weighted by molar-refractivity contribution is 8.00. The van der Waals surface area contributed by atoms with Crippen molar-refractivity contribution >= 4 is 73.2 Å². The summed E-state index contributed by atoms with van der Waals surface area (Å²) in [5.41, 5.74) is 2.68. The van der Waals surface area contributed by atoms with E-state index in [0.717, 1.165) is 26.9 Å². The fourth-order valence-corrected chi connectivity index (χ4v) is 6.77. The van der Waals surface area contributed by atoms with Crippen LogP contribution in [0.5, 0.6) is 0 Å². The standard InChI is InChI=1S/C35H27N3O4S2/c1-2-30(33(40)38-35-37-29(20-43-35)24-17-16-21-8-3-4-9-23(21)18-24)44-26-13-7-12-25(19-26)36-32(39)27-14-5-10-22-11-6-15-28(31(22)27)34(41)42/h3-20,30H,2H2,1H3,(H,36,39)(H,41,42)(H,37,38,40). The molecule has 218 valence electrons. The average molecular weight is 618 g/mol. The number of carbonyl (C=O) groups is 3. The SMILES string of the molecule is CCC(Sc1cccc(NC(=O)c2cccc3cccc(C(=O)O)c23)c1)C(=O)Nc1nc(-c2ccc3ccccc3c2)cs1. The molecule has 6 rings (SSSR count). The molecule has 1 unspecified atom stereocenters. The zero-order valence-corrected chi connectivity index (χ0v) is 25.2. The second-order valence-corrected chi connectivity index (χ2v) is 12.2. The lowest BCUT2D eigenvalue weighted by Crippen LogP contribution is -2.24. The van der Waals surface area contributed by atoms with Crippen molar-refractivity contribution in [2.24, 2.45) is 0 Å². The van der Waals surface area contributed by atoms with Crippen LogP contribution in [0.2, 0.25) is 0 Å². The topological polar surface area (TPSA) is 108 Å². The second kappa shape index (κ2) is 12.7. The number of benzene rings is 5. The van der Waals surface area contributed by atoms with Gasteiger partial charge >= 0.3 is 5.97 Å². The number of aromatic nitrogens is 1. The highest BCUT2D eigenvalue weighted by Crippen LogP contribution is 2.32. The van der Waals surface area contributed by atoms with E-state index < -0.39 is 11.9 Å². The van der Waals surface area contributed by atoms with Crippen molar-refractivity contribution in [2.75, 3.05) is 10.6 Å². The minimum absolute atomic E-state index is 0.0685. The quantitative estimate of drug-likeness (QED) is 0.140. The van der Waals surface area contributed by atoms with Gasteiger partial charge in [0, 0.05) is 32.5 Å². The first-order chi connectivity index (χ1) is 21.4. The molecule has 0 bridgehead atoms. The maximum atomic E-state index is 13.3. The lowest BCUT2D eigenvalue weighted by Gasteiger charge is -2.15. The van der Waals surface area contributed by atoms with Crippen molar-refractivity contribution in [1.82, 2.24) is 4.98 Å². The van der Waals surface area contributed by atoms with Crippen molar-refractivity contribution < 1.29 is 19.5 Å². The third-order valence-electron chi connectivity index (χ3n) is 7.19. The predicted octanol–water partition coefficient (Wildman–Crippen LogP) is 8.58. The molecule has 1 atom stereocenters. The van der Waals surface area contributed by atoms with E-state index in [1.807, 2.05) is 48.7 Å². The van der Waals surface area contributed by atoms with Crippen LogP contribution in [-0.2, 0) is 4.79 Å². The van der Waals surface area contributed by atoms with E-state index in [1.165, 1.54) is 29.2 Å². The van der Waals surface area contributed by atoms with Gasteiger partial charge in [0.25, 0.3) is 5.91 Å². The number of carboxylic acid groups (broad SMARTS) is 1. The van der Waals surface area contributed by atoms with Crippen LogP contribution in [0.15, 0.2) is 113 Å². The molecule has 7 nitrogen and oxygen atoms in total. The molecule has 0 aliphatic carbocycles. The Balaban J connectivity index is 1.14. The van der Waals surface area contributed by atoms with E-state index in [9.17, 15) is 19.5 Å². The van der Waals surface area contributed by atoms with Crippen LogP contribution >= 0.6 is 23.1 Å². The molecule has 3 N–H and O–H groups in total. The maximum absolute atomic E-state index is 13.3. The van der Waals surface area contributed by atoms with E-state index in [1.54, 1.807) is 36.4 Å². The minimum Gasteiger partial charge on any atom is -0.478 e. The van der Waals surface area contributed by atoms with Gasteiger partial charge in [-0.25, -0.2) is 9.78 Å². The van der Waals surface area contributed by atoms with Crippen LogP contribution in [-0.4, -0.2) is 33.1 Å². The molecular weight excluding hydrogens is 591 g/mol. The first-order valence-corrected chi connectivity index (χ1v) is 15.7. The van der Waals surface area contributed by atoms with Gasteiger partial charge in [-0.1, -0.05) is 73.7 Å². The molecule has 6 aromatic rings. The number of hydrogen-bond acceptors (Lipinski definition) is 6. The Morgan fingerprint density at radius 1 is 0.818 bits per heavy atom. The van der Waals surface area contributed by atoms with Crippen LogP contribution in [0.3, 0.4) is 0 Å². The number of carbonyl (C=O) groups excluding carboxylic acids is 2. The molecule has 0 saturated heterocycles. The molecule has 5 aromatic carbocycles. The summed E-state index contributed by atoms with van der Waals surface area (Å²) < 4.78 is 0. The molecular formula is C35H27N3O4S2. The summed E-state index contributed by atoms with van der Waals surface area (Å²) in [4.78, 5) is 43.8. The number of hydrogen-bond donors (Lipinski definition) is 3. The Labute approximate surface area is 262 Å². The van der Waals surface area contributed by atoms with Gasteiger partial charge in [0.1, 0.15) is 0 Å². The van der Waals surface area contributed by atoms with Crippen LogP contribution in [0.1, 0.15) is 34.1 Å². The fourth-order valence-electron chi connectivity index (χ4n) is 5.04. The highest BCUT2D eigenvalue weighted by Gasteiger charge is 2.21. The molecule has 0 radical (unpaired) electrons. The summed E-state index contributed by atoms with van der Waals surface area (Å²) in [6.07, 6.45) is 0.587. The molecule has 2 amide bonds. The number of carboxylic acids is 1. The van der Waals surface area contributed by atoms with E-state index in [0.29, 0.717) is 28.0 Å². The number of amides is 2. The first kappa shape index (κ1) is 29.1. The monoisotopic (exact) mass is 617 g/mol. The summed E-state index contributed by atoms with van der Waals surface area (Å²) >= 11 is 2.79. The second-order valence-electron chi connectivity index (χ2n) is 10.1. The lowest BCUT2D eigenvalue weighted by molar-refractivity contribution is -0.115. The zero-order chi connectivity index (χ0) is 30.6. The number of rotatable bonds is 9. The molecule has 0 saturated carbocycles. The van der Waals surface area contributed by atoms with Crippen molar-refractivity contribution in [3.8, 4) is 11.3 Å². The van der Waals surface area contributed by atoms with Gasteiger partial charge in [-0.15, -0.1) is 23.1 Å². The van der Waals surface area contributed by atoms with Crippen LogP contribution in [0.25, 0.3) is 32.8 Å². The number of thioether (sulfide) groups is 1. The zero-order valence-electron chi connectivity index (χ0n) is 23.6. The van der Waals surface area contributed by atoms with Crippen molar-refractivity contribution in [1.29, 1.82) is 0 Å². The lowest BCUT2D eigenvalue weighted by atomic mass is 9.98. The van der Waals surface area contributed by atoms with E-state index in [4.69, 9.17) is 0 Å². The Morgan fingerprint density at radius 2 is 1.55 bits per heavy atom. The van der Waals surface area contributed by atoms with Gasteiger partial charge in [0.2, 0.25) is 5.91 Å².